The number of pyridine rings is 1. The molecule has 0 bridgehead atoms. The standard InChI is InChI=1S/C19H28N4O/c24-19(16-2-1-3-16)23-10-6-18(7-11-23)22-14-12-21(13-15-22)17-4-8-20-9-5-17/h4-5,8-9,16,18H,1-3,6-7,10-15H2. The van der Waals surface area contributed by atoms with Crippen LogP contribution in [0.15, 0.2) is 24.5 Å². The quantitative estimate of drug-likeness (QED) is 0.851. The first kappa shape index (κ1) is 15.9. The lowest BCUT2D eigenvalue weighted by Gasteiger charge is -2.44. The molecule has 0 atom stereocenters. The first-order valence-corrected chi connectivity index (χ1v) is 9.49. The van der Waals surface area contributed by atoms with Crippen LogP contribution < -0.4 is 4.90 Å². The molecule has 1 aromatic heterocycles. The third-order valence-electron chi connectivity index (χ3n) is 6.09. The highest BCUT2D eigenvalue weighted by molar-refractivity contribution is 5.79. The summed E-state index contributed by atoms with van der Waals surface area (Å²) in [7, 11) is 0. The van der Waals surface area contributed by atoms with Gasteiger partial charge in [0.2, 0.25) is 5.91 Å². The topological polar surface area (TPSA) is 39.7 Å². The first-order chi connectivity index (χ1) is 11.8. The largest absolute Gasteiger partial charge is 0.369 e. The molecule has 5 heteroatoms. The van der Waals surface area contributed by atoms with Gasteiger partial charge in [0.15, 0.2) is 0 Å². The van der Waals surface area contributed by atoms with Gasteiger partial charge < -0.3 is 9.80 Å². The average Bonchev–Trinajstić information content (AvgIpc) is 2.61. The number of carbonyl (C=O) groups is 1. The molecule has 5 nitrogen and oxygen atoms in total. The predicted octanol–water partition coefficient (Wildman–Crippen LogP) is 1.99. The lowest BCUT2D eigenvalue weighted by atomic mass is 9.84. The lowest BCUT2D eigenvalue weighted by molar-refractivity contribution is -0.139. The van der Waals surface area contributed by atoms with Crippen LogP contribution in [0.5, 0.6) is 0 Å². The van der Waals surface area contributed by atoms with Crippen molar-refractivity contribution in [1.82, 2.24) is 14.8 Å². The summed E-state index contributed by atoms with van der Waals surface area (Å²) < 4.78 is 0. The minimum atomic E-state index is 0.352. The van der Waals surface area contributed by atoms with Gasteiger partial charge >= 0.3 is 0 Å². The van der Waals surface area contributed by atoms with E-state index in [1.54, 1.807) is 0 Å². The number of nitrogens with zero attached hydrogens (tertiary/aromatic N) is 4. The van der Waals surface area contributed by atoms with Crippen LogP contribution in [0.3, 0.4) is 0 Å². The Balaban J connectivity index is 1.24. The van der Waals surface area contributed by atoms with E-state index in [1.807, 2.05) is 12.4 Å². The summed E-state index contributed by atoms with van der Waals surface area (Å²) in [4.78, 5) is 23.7. The molecule has 1 saturated carbocycles. The maximum atomic E-state index is 12.4. The molecule has 1 amide bonds. The molecule has 0 aromatic carbocycles. The monoisotopic (exact) mass is 328 g/mol. The summed E-state index contributed by atoms with van der Waals surface area (Å²) in [5.74, 6) is 0.785. The molecule has 24 heavy (non-hydrogen) atoms. The zero-order valence-corrected chi connectivity index (χ0v) is 14.4. The Hall–Kier alpha value is -1.62. The summed E-state index contributed by atoms with van der Waals surface area (Å²) >= 11 is 0. The summed E-state index contributed by atoms with van der Waals surface area (Å²) in [6.45, 7) is 6.36. The number of piperidine rings is 1. The maximum Gasteiger partial charge on any atom is 0.225 e. The Kier molecular flexibility index (Phi) is 4.69. The van der Waals surface area contributed by atoms with Crippen molar-refractivity contribution in [2.75, 3.05) is 44.2 Å². The fourth-order valence-electron chi connectivity index (χ4n) is 4.26. The second-order valence-electron chi connectivity index (χ2n) is 7.41. The lowest BCUT2D eigenvalue weighted by Crippen LogP contribution is -2.54. The minimum Gasteiger partial charge on any atom is -0.369 e. The van der Waals surface area contributed by atoms with E-state index in [9.17, 15) is 4.79 Å². The SMILES string of the molecule is O=C(C1CCC1)N1CCC(N2CCN(c3ccncc3)CC2)CC1. The number of aromatic nitrogens is 1. The maximum absolute atomic E-state index is 12.4. The fourth-order valence-corrected chi connectivity index (χ4v) is 4.26. The third-order valence-corrected chi connectivity index (χ3v) is 6.09. The van der Waals surface area contributed by atoms with E-state index in [4.69, 9.17) is 0 Å². The van der Waals surface area contributed by atoms with Crippen LogP contribution in [-0.4, -0.2) is 66.0 Å². The summed E-state index contributed by atoms with van der Waals surface area (Å²) in [6.07, 6.45) is 9.52. The van der Waals surface area contributed by atoms with Gasteiger partial charge in [-0.3, -0.25) is 14.7 Å². The van der Waals surface area contributed by atoms with Gasteiger partial charge in [-0.05, 0) is 37.8 Å². The van der Waals surface area contributed by atoms with Crippen molar-refractivity contribution in [3.63, 3.8) is 0 Å². The molecular weight excluding hydrogens is 300 g/mol. The zero-order chi connectivity index (χ0) is 16.4. The molecular formula is C19H28N4O. The van der Waals surface area contributed by atoms with Gasteiger partial charge in [0, 0.05) is 69.3 Å². The normalized spacial score (nSPS) is 24.0. The van der Waals surface area contributed by atoms with Crippen LogP contribution in [-0.2, 0) is 4.79 Å². The third kappa shape index (κ3) is 3.27. The Morgan fingerprint density at radius 3 is 2.17 bits per heavy atom. The molecule has 3 aliphatic rings. The van der Waals surface area contributed by atoms with Crippen molar-refractivity contribution >= 4 is 11.6 Å². The highest BCUT2D eigenvalue weighted by Gasteiger charge is 2.33. The van der Waals surface area contributed by atoms with Crippen molar-refractivity contribution in [3.05, 3.63) is 24.5 Å². The number of piperazine rings is 1. The molecule has 0 unspecified atom stereocenters. The van der Waals surface area contributed by atoms with Crippen LogP contribution in [0.2, 0.25) is 0 Å². The minimum absolute atomic E-state index is 0.352. The number of hydrogen-bond donors (Lipinski definition) is 0. The number of hydrogen-bond acceptors (Lipinski definition) is 4. The molecule has 4 rings (SSSR count). The van der Waals surface area contributed by atoms with Gasteiger partial charge in [-0.2, -0.15) is 0 Å². The zero-order valence-electron chi connectivity index (χ0n) is 14.4. The Bertz CT molecular complexity index is 544. The molecule has 0 N–H and O–H groups in total. The summed E-state index contributed by atoms with van der Waals surface area (Å²) in [5.41, 5.74) is 1.28. The number of likely N-dealkylation sites (tertiary alicyclic amines) is 1. The van der Waals surface area contributed by atoms with E-state index in [0.29, 0.717) is 17.9 Å². The number of amides is 1. The van der Waals surface area contributed by atoms with Gasteiger partial charge in [-0.15, -0.1) is 0 Å². The van der Waals surface area contributed by atoms with Crippen LogP contribution in [0.1, 0.15) is 32.1 Å². The van der Waals surface area contributed by atoms with Gasteiger partial charge in [0.05, 0.1) is 0 Å². The predicted molar refractivity (Wildman–Crippen MR) is 95.0 cm³/mol. The Labute approximate surface area is 144 Å². The molecule has 0 radical (unpaired) electrons. The highest BCUT2D eigenvalue weighted by Crippen LogP contribution is 2.30. The average molecular weight is 328 g/mol. The summed E-state index contributed by atoms with van der Waals surface area (Å²) in [6, 6.07) is 4.86. The highest BCUT2D eigenvalue weighted by atomic mass is 16.2. The van der Waals surface area contributed by atoms with Gasteiger partial charge in [0.25, 0.3) is 0 Å². The van der Waals surface area contributed by atoms with E-state index in [1.165, 1.54) is 12.1 Å². The van der Waals surface area contributed by atoms with Gasteiger partial charge in [-0.25, -0.2) is 0 Å². The molecule has 1 aromatic rings. The Morgan fingerprint density at radius 1 is 0.917 bits per heavy atom. The second kappa shape index (κ2) is 7.09. The smallest absolute Gasteiger partial charge is 0.225 e. The summed E-state index contributed by atoms with van der Waals surface area (Å²) in [5, 5.41) is 0. The van der Waals surface area contributed by atoms with E-state index in [0.717, 1.165) is 65.0 Å². The van der Waals surface area contributed by atoms with E-state index in [2.05, 4.69) is 31.8 Å². The molecule has 3 heterocycles. The molecule has 3 fully saturated rings. The van der Waals surface area contributed by atoms with E-state index < -0.39 is 0 Å². The molecule has 2 saturated heterocycles. The van der Waals surface area contributed by atoms with Crippen LogP contribution in [0.25, 0.3) is 0 Å². The Morgan fingerprint density at radius 2 is 1.58 bits per heavy atom. The molecule has 1 aliphatic carbocycles. The number of carbonyl (C=O) groups excluding carboxylic acids is 1. The van der Waals surface area contributed by atoms with Crippen LogP contribution in [0, 0.1) is 5.92 Å². The van der Waals surface area contributed by atoms with E-state index >= 15 is 0 Å². The molecule has 130 valence electrons. The van der Waals surface area contributed by atoms with Crippen LogP contribution >= 0.6 is 0 Å². The molecule has 2 aliphatic heterocycles. The van der Waals surface area contributed by atoms with Gasteiger partial charge in [-0.1, -0.05) is 6.42 Å². The fraction of sp³-hybridized carbons (Fsp3) is 0.684. The number of anilines is 1. The van der Waals surface area contributed by atoms with Crippen molar-refractivity contribution in [2.24, 2.45) is 5.92 Å². The first-order valence-electron chi connectivity index (χ1n) is 9.49. The number of rotatable bonds is 3. The van der Waals surface area contributed by atoms with Crippen LogP contribution in [0.4, 0.5) is 5.69 Å². The molecule has 0 spiro atoms. The van der Waals surface area contributed by atoms with Crippen molar-refractivity contribution in [1.29, 1.82) is 0 Å². The van der Waals surface area contributed by atoms with E-state index in [-0.39, 0.29) is 0 Å². The second-order valence-corrected chi connectivity index (χ2v) is 7.41. The van der Waals surface area contributed by atoms with Crippen molar-refractivity contribution in [3.8, 4) is 0 Å². The van der Waals surface area contributed by atoms with Gasteiger partial charge in [0.1, 0.15) is 0 Å². The van der Waals surface area contributed by atoms with Crippen molar-refractivity contribution in [2.45, 2.75) is 38.1 Å². The van der Waals surface area contributed by atoms with Crippen molar-refractivity contribution < 1.29 is 4.79 Å².